The van der Waals surface area contributed by atoms with Crippen LogP contribution in [0.25, 0.3) is 0 Å². The number of nitrogens with one attached hydrogen (secondary N) is 1. The third-order valence-corrected chi connectivity index (χ3v) is 7.02. The van der Waals surface area contributed by atoms with Crippen LogP contribution < -0.4 is 5.32 Å². The summed E-state index contributed by atoms with van der Waals surface area (Å²) in [6, 6.07) is 3.90. The average Bonchev–Trinajstić information content (AvgIpc) is 3.38. The molecule has 6 nitrogen and oxygen atoms in total. The normalized spacial score (nSPS) is 31.3. The highest BCUT2D eigenvalue weighted by Crippen LogP contribution is 2.36. The highest BCUT2D eigenvalue weighted by atomic mass is 32.1. The highest BCUT2D eigenvalue weighted by Gasteiger charge is 2.52. The van der Waals surface area contributed by atoms with Crippen LogP contribution >= 0.6 is 11.3 Å². The van der Waals surface area contributed by atoms with Crippen LogP contribution in [0.15, 0.2) is 17.5 Å². The Morgan fingerprint density at radius 3 is 2.81 bits per heavy atom. The first-order valence-corrected chi connectivity index (χ1v) is 10.9. The molecule has 1 spiro atoms. The van der Waals surface area contributed by atoms with Gasteiger partial charge in [-0.2, -0.15) is 0 Å². The molecule has 1 aromatic rings. The molecule has 2 aliphatic heterocycles. The number of thiophene rings is 1. The third kappa shape index (κ3) is 4.05. The second-order valence-electron chi connectivity index (χ2n) is 8.30. The van der Waals surface area contributed by atoms with E-state index in [4.69, 9.17) is 4.74 Å². The van der Waals surface area contributed by atoms with Gasteiger partial charge >= 0.3 is 6.03 Å². The van der Waals surface area contributed by atoms with E-state index >= 15 is 0 Å². The first-order chi connectivity index (χ1) is 13.1. The van der Waals surface area contributed by atoms with E-state index in [9.17, 15) is 9.59 Å². The first kappa shape index (κ1) is 18.9. The molecule has 4 rings (SSSR count). The lowest BCUT2D eigenvalue weighted by Gasteiger charge is -2.34. The molecule has 27 heavy (non-hydrogen) atoms. The van der Waals surface area contributed by atoms with E-state index in [2.05, 4.69) is 28.6 Å². The Balaban J connectivity index is 1.46. The zero-order chi connectivity index (χ0) is 18.9. The summed E-state index contributed by atoms with van der Waals surface area (Å²) in [5.74, 6) is 0.590. The third-order valence-electron chi connectivity index (χ3n) is 6.16. The largest absolute Gasteiger partial charge is 0.377 e. The monoisotopic (exact) mass is 391 g/mol. The second-order valence-corrected chi connectivity index (χ2v) is 9.33. The quantitative estimate of drug-likeness (QED) is 0.757. The molecule has 3 amide bonds. The van der Waals surface area contributed by atoms with Crippen LogP contribution in [0.1, 0.15) is 50.3 Å². The van der Waals surface area contributed by atoms with Gasteiger partial charge in [-0.05, 0) is 55.9 Å². The molecule has 1 atom stereocenters. The molecule has 1 aromatic heterocycles. The number of hydrogen-bond donors (Lipinski definition) is 1. The number of urea groups is 1. The predicted molar refractivity (Wildman–Crippen MR) is 104 cm³/mol. The molecule has 0 radical (unpaired) electrons. The van der Waals surface area contributed by atoms with Gasteiger partial charge in [0, 0.05) is 24.6 Å². The van der Waals surface area contributed by atoms with Gasteiger partial charge in [0.05, 0.1) is 12.8 Å². The molecule has 3 heterocycles. The van der Waals surface area contributed by atoms with E-state index in [1.165, 1.54) is 9.78 Å². The Hall–Kier alpha value is -1.44. The van der Waals surface area contributed by atoms with Crippen molar-refractivity contribution in [2.24, 2.45) is 5.92 Å². The van der Waals surface area contributed by atoms with Crippen molar-refractivity contribution in [3.63, 3.8) is 0 Å². The molecule has 0 aromatic carbocycles. The molecule has 7 heteroatoms. The number of amides is 3. The molecule has 1 saturated carbocycles. The summed E-state index contributed by atoms with van der Waals surface area (Å²) >= 11 is 1.70. The van der Waals surface area contributed by atoms with Gasteiger partial charge in [0.25, 0.3) is 5.91 Å². The summed E-state index contributed by atoms with van der Waals surface area (Å²) in [7, 11) is 0. The van der Waals surface area contributed by atoms with Crippen LogP contribution in [0.3, 0.4) is 0 Å². The number of hydrogen-bond acceptors (Lipinski definition) is 5. The number of imide groups is 1. The van der Waals surface area contributed by atoms with Crippen LogP contribution in [0, 0.1) is 5.92 Å². The summed E-state index contributed by atoms with van der Waals surface area (Å²) in [5.41, 5.74) is -0.665. The fourth-order valence-electron chi connectivity index (χ4n) is 4.47. The van der Waals surface area contributed by atoms with Crippen molar-refractivity contribution in [1.82, 2.24) is 15.1 Å². The summed E-state index contributed by atoms with van der Waals surface area (Å²) in [5, 5.41) is 5.09. The Labute approximate surface area is 164 Å². The van der Waals surface area contributed by atoms with E-state index in [1.54, 1.807) is 11.3 Å². The van der Waals surface area contributed by atoms with Gasteiger partial charge in [0.15, 0.2) is 0 Å². The predicted octanol–water partition coefficient (Wildman–Crippen LogP) is 3.19. The van der Waals surface area contributed by atoms with E-state index in [1.807, 2.05) is 6.07 Å². The number of carbonyl (C=O) groups excluding carboxylic acids is 2. The first-order valence-electron chi connectivity index (χ1n) is 10.1. The molecule has 0 bridgehead atoms. The molecule has 1 aliphatic carbocycles. The Morgan fingerprint density at radius 2 is 2.15 bits per heavy atom. The molecule has 3 aliphatic rings. The van der Waals surface area contributed by atoms with Gasteiger partial charge in [0.1, 0.15) is 5.54 Å². The fraction of sp³-hybridized carbons (Fsp3) is 0.700. The van der Waals surface area contributed by atoms with Gasteiger partial charge in [-0.1, -0.05) is 13.0 Å². The molecule has 1 N–H and O–H groups in total. The van der Waals surface area contributed by atoms with Crippen molar-refractivity contribution in [2.45, 2.75) is 63.6 Å². The van der Waals surface area contributed by atoms with Crippen molar-refractivity contribution in [2.75, 3.05) is 19.8 Å². The summed E-state index contributed by atoms with van der Waals surface area (Å²) < 4.78 is 5.80. The summed E-state index contributed by atoms with van der Waals surface area (Å²) in [6.45, 7) is 4.84. The van der Waals surface area contributed by atoms with Crippen LogP contribution in [0.5, 0.6) is 0 Å². The number of ether oxygens (including phenoxy) is 1. The van der Waals surface area contributed by atoms with Crippen molar-refractivity contribution >= 4 is 23.3 Å². The molecule has 148 valence electrons. The summed E-state index contributed by atoms with van der Waals surface area (Å²) in [6.07, 6.45) is 5.82. The zero-order valence-electron chi connectivity index (χ0n) is 16.0. The number of carbonyl (C=O) groups is 2. The van der Waals surface area contributed by atoms with Crippen LogP contribution in [-0.2, 0) is 16.1 Å². The maximum atomic E-state index is 13.2. The minimum atomic E-state index is -0.665. The SMILES string of the molecule is CC1CCC2(CC1)NC(=O)N(CN(Cc1cccs1)C[C@@H]1CCCO1)C2=O. The Bertz CT molecular complexity index is 664. The molecule has 2 saturated heterocycles. The standard InChI is InChI=1S/C20H29N3O3S/c1-15-6-8-20(9-7-15)18(24)23(19(25)21-20)14-22(12-16-4-2-10-26-16)13-17-5-3-11-27-17/h3,5,11,15-16H,2,4,6-10,12-14H2,1H3,(H,21,25)/t15?,16-,20?/m0/s1. The van der Waals surface area contributed by atoms with Gasteiger partial charge < -0.3 is 10.1 Å². The van der Waals surface area contributed by atoms with Crippen molar-refractivity contribution < 1.29 is 14.3 Å². The summed E-state index contributed by atoms with van der Waals surface area (Å²) in [4.78, 5) is 30.7. The molecular formula is C20H29N3O3S. The van der Waals surface area contributed by atoms with Crippen LogP contribution in [0.4, 0.5) is 4.79 Å². The lowest BCUT2D eigenvalue weighted by atomic mass is 9.77. The topological polar surface area (TPSA) is 61.9 Å². The average molecular weight is 392 g/mol. The van der Waals surface area contributed by atoms with Gasteiger partial charge in [-0.3, -0.25) is 9.69 Å². The number of rotatable bonds is 6. The van der Waals surface area contributed by atoms with Gasteiger partial charge in [0.2, 0.25) is 0 Å². The van der Waals surface area contributed by atoms with Crippen molar-refractivity contribution in [3.05, 3.63) is 22.4 Å². The van der Waals surface area contributed by atoms with E-state index in [0.717, 1.165) is 58.2 Å². The van der Waals surface area contributed by atoms with Gasteiger partial charge in [-0.15, -0.1) is 11.3 Å². The molecule has 3 fully saturated rings. The maximum absolute atomic E-state index is 13.2. The smallest absolute Gasteiger partial charge is 0.326 e. The highest BCUT2D eigenvalue weighted by molar-refractivity contribution is 7.09. The Morgan fingerprint density at radius 1 is 1.33 bits per heavy atom. The van der Waals surface area contributed by atoms with Gasteiger partial charge in [-0.25, -0.2) is 9.69 Å². The lowest BCUT2D eigenvalue weighted by Crippen LogP contribution is -2.50. The zero-order valence-corrected chi connectivity index (χ0v) is 16.8. The Kier molecular flexibility index (Phi) is 5.53. The van der Waals surface area contributed by atoms with E-state index in [-0.39, 0.29) is 18.0 Å². The second kappa shape index (κ2) is 7.89. The molecular weight excluding hydrogens is 362 g/mol. The van der Waals surface area contributed by atoms with Crippen molar-refractivity contribution in [1.29, 1.82) is 0 Å². The minimum Gasteiger partial charge on any atom is -0.377 e. The number of nitrogens with zero attached hydrogens (tertiary/aromatic N) is 2. The van der Waals surface area contributed by atoms with E-state index < -0.39 is 5.54 Å². The van der Waals surface area contributed by atoms with E-state index in [0.29, 0.717) is 12.6 Å². The van der Waals surface area contributed by atoms with Crippen molar-refractivity contribution in [3.8, 4) is 0 Å². The maximum Gasteiger partial charge on any atom is 0.326 e. The fourth-order valence-corrected chi connectivity index (χ4v) is 5.22. The molecule has 0 unspecified atom stereocenters. The van der Waals surface area contributed by atoms with Crippen LogP contribution in [-0.4, -0.2) is 53.2 Å². The lowest BCUT2D eigenvalue weighted by molar-refractivity contribution is -0.134. The minimum absolute atomic E-state index is 0.0390. The van der Waals surface area contributed by atoms with Crippen LogP contribution in [0.2, 0.25) is 0 Å².